The van der Waals surface area contributed by atoms with Gasteiger partial charge >= 0.3 is 0 Å². The van der Waals surface area contributed by atoms with E-state index in [2.05, 4.69) is 21.8 Å². The number of sulfonamides is 1. The Morgan fingerprint density at radius 1 is 1.11 bits per heavy atom. The zero-order valence-electron chi connectivity index (χ0n) is 14.9. The Bertz CT molecular complexity index is 1050. The van der Waals surface area contributed by atoms with Crippen LogP contribution in [0.4, 0.5) is 5.69 Å². The molecule has 2 aromatic rings. The third kappa shape index (κ3) is 4.63. The van der Waals surface area contributed by atoms with Crippen molar-refractivity contribution >= 4 is 37.1 Å². The van der Waals surface area contributed by atoms with Crippen LogP contribution in [0, 0.1) is 0 Å². The molecule has 0 saturated carbocycles. The Morgan fingerprint density at radius 2 is 1.85 bits per heavy atom. The Labute approximate surface area is 165 Å². The Kier molecular flexibility index (Phi) is 5.81. The van der Waals surface area contributed by atoms with E-state index in [0.29, 0.717) is 6.42 Å². The van der Waals surface area contributed by atoms with Crippen molar-refractivity contribution < 1.29 is 16.8 Å². The van der Waals surface area contributed by atoms with Gasteiger partial charge in [-0.25, -0.2) is 21.6 Å². The largest absolute Gasteiger partial charge is 0.371 e. The first-order chi connectivity index (χ1) is 12.7. The van der Waals surface area contributed by atoms with Gasteiger partial charge in [0.05, 0.1) is 9.92 Å². The number of sulfone groups is 1. The number of nitrogens with zero attached hydrogens (tertiary/aromatic N) is 1. The van der Waals surface area contributed by atoms with Crippen LogP contribution in [0.5, 0.6) is 0 Å². The minimum absolute atomic E-state index is 0.0108. The van der Waals surface area contributed by atoms with E-state index in [1.165, 1.54) is 23.4 Å². The number of rotatable bonds is 7. The first-order valence-corrected chi connectivity index (χ1v) is 12.3. The average Bonchev–Trinajstić information content (AvgIpc) is 3.01. The highest BCUT2D eigenvalue weighted by Crippen LogP contribution is 2.27. The van der Waals surface area contributed by atoms with E-state index in [-0.39, 0.29) is 21.4 Å². The second kappa shape index (κ2) is 7.79. The van der Waals surface area contributed by atoms with Gasteiger partial charge < -0.3 is 4.90 Å². The standard InChI is InChI=1S/C18H21ClN2O4S2/c1-26(22,23)15-7-8-16(19)18(13-15)27(24,25)20-10-4-11-21-12-9-14-5-2-3-6-17(14)21/h2-3,5-8,13,20H,4,9-12H2,1H3. The van der Waals surface area contributed by atoms with Crippen LogP contribution in [-0.2, 0) is 26.3 Å². The number of hydrogen-bond donors (Lipinski definition) is 1. The average molecular weight is 429 g/mol. The topological polar surface area (TPSA) is 83.5 Å². The fourth-order valence-electron chi connectivity index (χ4n) is 3.11. The van der Waals surface area contributed by atoms with E-state index in [4.69, 9.17) is 11.6 Å². The Morgan fingerprint density at radius 3 is 2.59 bits per heavy atom. The van der Waals surface area contributed by atoms with Crippen molar-refractivity contribution in [3.05, 3.63) is 53.1 Å². The second-order valence-corrected chi connectivity index (χ2v) is 10.6. The van der Waals surface area contributed by atoms with Gasteiger partial charge in [0, 0.05) is 31.6 Å². The van der Waals surface area contributed by atoms with Crippen molar-refractivity contribution in [2.75, 3.05) is 30.8 Å². The highest BCUT2D eigenvalue weighted by Gasteiger charge is 2.21. The highest BCUT2D eigenvalue weighted by atomic mass is 35.5. The predicted molar refractivity (Wildman–Crippen MR) is 107 cm³/mol. The van der Waals surface area contributed by atoms with Crippen molar-refractivity contribution in [3.8, 4) is 0 Å². The van der Waals surface area contributed by atoms with Crippen molar-refractivity contribution in [1.29, 1.82) is 0 Å². The molecular weight excluding hydrogens is 408 g/mol. The molecular formula is C18H21ClN2O4S2. The molecule has 0 spiro atoms. The smallest absolute Gasteiger partial charge is 0.242 e. The molecule has 3 rings (SSSR count). The van der Waals surface area contributed by atoms with Gasteiger partial charge in [0.15, 0.2) is 9.84 Å². The predicted octanol–water partition coefficient (Wildman–Crippen LogP) is 2.47. The van der Waals surface area contributed by atoms with E-state index in [0.717, 1.165) is 31.8 Å². The van der Waals surface area contributed by atoms with Gasteiger partial charge in [-0.1, -0.05) is 29.8 Å². The third-order valence-corrected chi connectivity index (χ3v) is 7.55. The molecule has 0 aliphatic carbocycles. The summed E-state index contributed by atoms with van der Waals surface area (Å²) in [6.07, 6.45) is 2.64. The molecule has 0 saturated heterocycles. The lowest BCUT2D eigenvalue weighted by Gasteiger charge is -2.19. The van der Waals surface area contributed by atoms with E-state index in [1.54, 1.807) is 0 Å². The molecule has 1 N–H and O–H groups in total. The summed E-state index contributed by atoms with van der Waals surface area (Å²) < 4.78 is 50.9. The van der Waals surface area contributed by atoms with Gasteiger partial charge in [-0.15, -0.1) is 0 Å². The second-order valence-electron chi connectivity index (χ2n) is 6.48. The van der Waals surface area contributed by atoms with Gasteiger partial charge in [0.1, 0.15) is 4.90 Å². The first-order valence-electron chi connectivity index (χ1n) is 8.50. The van der Waals surface area contributed by atoms with Gasteiger partial charge in [-0.3, -0.25) is 0 Å². The van der Waals surface area contributed by atoms with Crippen LogP contribution >= 0.6 is 11.6 Å². The van der Waals surface area contributed by atoms with Gasteiger partial charge in [0.25, 0.3) is 0 Å². The molecule has 2 aromatic carbocycles. The van der Waals surface area contributed by atoms with Crippen LogP contribution in [0.1, 0.15) is 12.0 Å². The molecule has 6 nitrogen and oxygen atoms in total. The molecule has 0 atom stereocenters. The van der Waals surface area contributed by atoms with E-state index < -0.39 is 19.9 Å². The molecule has 9 heteroatoms. The van der Waals surface area contributed by atoms with Crippen LogP contribution in [0.3, 0.4) is 0 Å². The van der Waals surface area contributed by atoms with Crippen molar-refractivity contribution in [3.63, 3.8) is 0 Å². The van der Waals surface area contributed by atoms with E-state index in [1.807, 2.05) is 12.1 Å². The summed E-state index contributed by atoms with van der Waals surface area (Å²) in [7, 11) is -7.42. The van der Waals surface area contributed by atoms with Gasteiger partial charge in [0.2, 0.25) is 10.0 Å². The molecule has 1 aliphatic heterocycles. The van der Waals surface area contributed by atoms with Crippen LogP contribution in [-0.4, -0.2) is 42.7 Å². The summed E-state index contributed by atoms with van der Waals surface area (Å²) in [5.41, 5.74) is 2.51. The lowest BCUT2D eigenvalue weighted by molar-refractivity contribution is 0.578. The summed E-state index contributed by atoms with van der Waals surface area (Å²) in [5.74, 6) is 0. The van der Waals surface area contributed by atoms with Crippen LogP contribution in [0.15, 0.2) is 52.3 Å². The fraction of sp³-hybridized carbons (Fsp3) is 0.333. The zero-order valence-corrected chi connectivity index (χ0v) is 17.2. The number of halogens is 1. The maximum Gasteiger partial charge on any atom is 0.242 e. The van der Waals surface area contributed by atoms with Crippen molar-refractivity contribution in [2.45, 2.75) is 22.6 Å². The van der Waals surface area contributed by atoms with Crippen molar-refractivity contribution in [1.82, 2.24) is 4.72 Å². The van der Waals surface area contributed by atoms with Gasteiger partial charge in [-0.05, 0) is 42.7 Å². The Hall–Kier alpha value is -1.61. The summed E-state index contributed by atoms with van der Waals surface area (Å²) in [5, 5.41) is -0.0108. The monoisotopic (exact) mass is 428 g/mol. The number of fused-ring (bicyclic) bond motifs is 1. The SMILES string of the molecule is CS(=O)(=O)c1ccc(Cl)c(S(=O)(=O)NCCCN2CCc3ccccc32)c1. The lowest BCUT2D eigenvalue weighted by Crippen LogP contribution is -2.29. The number of para-hydroxylation sites is 1. The van der Waals surface area contributed by atoms with Crippen LogP contribution < -0.4 is 9.62 Å². The lowest BCUT2D eigenvalue weighted by atomic mass is 10.2. The highest BCUT2D eigenvalue weighted by molar-refractivity contribution is 7.91. The third-order valence-electron chi connectivity index (χ3n) is 4.50. The maximum atomic E-state index is 12.5. The van der Waals surface area contributed by atoms with Crippen LogP contribution in [0.25, 0.3) is 0 Å². The molecule has 0 aromatic heterocycles. The molecule has 0 amide bonds. The molecule has 0 unspecified atom stereocenters. The maximum absolute atomic E-state index is 12.5. The van der Waals surface area contributed by atoms with E-state index in [9.17, 15) is 16.8 Å². The number of benzene rings is 2. The number of hydrogen-bond acceptors (Lipinski definition) is 5. The van der Waals surface area contributed by atoms with E-state index >= 15 is 0 Å². The normalized spacial score (nSPS) is 14.4. The fourth-order valence-corrected chi connectivity index (χ4v) is 5.43. The van der Waals surface area contributed by atoms with Crippen molar-refractivity contribution in [2.24, 2.45) is 0 Å². The first kappa shape index (κ1) is 20.1. The summed E-state index contributed by atoms with van der Waals surface area (Å²) >= 11 is 5.98. The molecule has 27 heavy (non-hydrogen) atoms. The van der Waals surface area contributed by atoms with Crippen LogP contribution in [0.2, 0.25) is 5.02 Å². The minimum Gasteiger partial charge on any atom is -0.371 e. The van der Waals surface area contributed by atoms with Gasteiger partial charge in [-0.2, -0.15) is 0 Å². The quantitative estimate of drug-likeness (QED) is 0.685. The number of anilines is 1. The molecule has 0 bridgehead atoms. The minimum atomic E-state index is -3.89. The Balaban J connectivity index is 1.63. The number of nitrogens with one attached hydrogen (secondary N) is 1. The molecule has 1 heterocycles. The molecule has 0 radical (unpaired) electrons. The molecule has 1 aliphatic rings. The summed E-state index contributed by atoms with van der Waals surface area (Å²) in [4.78, 5) is 1.93. The summed E-state index contributed by atoms with van der Waals surface area (Å²) in [6, 6.07) is 11.9. The molecule has 0 fully saturated rings. The summed E-state index contributed by atoms with van der Waals surface area (Å²) in [6.45, 7) is 1.89. The zero-order chi connectivity index (χ0) is 19.7. The molecule has 146 valence electrons.